The number of aromatic nitrogens is 2. The van der Waals surface area contributed by atoms with Crippen LogP contribution in [0.15, 0.2) is 42.7 Å². The van der Waals surface area contributed by atoms with Crippen molar-refractivity contribution in [1.82, 2.24) is 19.4 Å². The fourth-order valence-electron chi connectivity index (χ4n) is 2.61. The maximum Gasteiger partial charge on any atom is 0.406 e. The van der Waals surface area contributed by atoms with E-state index in [1.54, 1.807) is 26.0 Å². The number of imidazole rings is 1. The Kier molecular flexibility index (Phi) is 5.84. The number of alkyl halides is 3. The van der Waals surface area contributed by atoms with Crippen molar-refractivity contribution >= 4 is 5.91 Å². The highest BCUT2D eigenvalue weighted by Gasteiger charge is 2.31. The van der Waals surface area contributed by atoms with E-state index < -0.39 is 18.8 Å². The topological polar surface area (TPSA) is 41.4 Å². The van der Waals surface area contributed by atoms with E-state index in [4.69, 9.17) is 0 Å². The third kappa shape index (κ3) is 5.06. The molecule has 5 nitrogen and oxygen atoms in total. The molecule has 0 spiro atoms. The third-order valence-corrected chi connectivity index (χ3v) is 3.77. The summed E-state index contributed by atoms with van der Waals surface area (Å²) in [5.74, 6) is 0.106. The predicted molar refractivity (Wildman–Crippen MR) is 87.6 cm³/mol. The minimum absolute atomic E-state index is 0.113. The van der Waals surface area contributed by atoms with Crippen molar-refractivity contribution in [2.45, 2.75) is 25.3 Å². The van der Waals surface area contributed by atoms with Crippen molar-refractivity contribution in [2.75, 3.05) is 21.1 Å². The van der Waals surface area contributed by atoms with Crippen molar-refractivity contribution < 1.29 is 18.0 Å². The Bertz CT molecular complexity index is 697. The number of benzene rings is 1. The van der Waals surface area contributed by atoms with Gasteiger partial charge in [-0.05, 0) is 12.6 Å². The normalized spacial score (nSPS) is 13.1. The zero-order valence-electron chi connectivity index (χ0n) is 14.4. The first-order valence-corrected chi connectivity index (χ1v) is 7.72. The monoisotopic (exact) mass is 354 g/mol. The van der Waals surface area contributed by atoms with Crippen LogP contribution in [0.3, 0.4) is 0 Å². The van der Waals surface area contributed by atoms with Crippen LogP contribution in [0.5, 0.6) is 0 Å². The highest BCUT2D eigenvalue weighted by molar-refractivity contribution is 5.82. The Hall–Kier alpha value is -2.35. The van der Waals surface area contributed by atoms with E-state index in [1.165, 1.54) is 17.3 Å². The minimum Gasteiger partial charge on any atom is -0.347 e. The molecule has 2 aromatic rings. The Balaban J connectivity index is 2.25. The van der Waals surface area contributed by atoms with Gasteiger partial charge in [-0.25, -0.2) is 4.98 Å². The second kappa shape index (κ2) is 7.69. The van der Waals surface area contributed by atoms with Crippen molar-refractivity contribution in [3.8, 4) is 0 Å². The molecule has 1 atom stereocenters. The first-order chi connectivity index (χ1) is 11.7. The van der Waals surface area contributed by atoms with Gasteiger partial charge in [0.1, 0.15) is 18.4 Å². The average Bonchev–Trinajstić information content (AvgIpc) is 2.93. The lowest BCUT2D eigenvalue weighted by atomic mass is 10.0. The van der Waals surface area contributed by atoms with Gasteiger partial charge in [0.05, 0.1) is 6.54 Å². The zero-order chi connectivity index (χ0) is 18.6. The van der Waals surface area contributed by atoms with Crippen LogP contribution in [0, 0.1) is 0 Å². The molecule has 0 unspecified atom stereocenters. The Morgan fingerprint density at radius 2 is 1.84 bits per heavy atom. The molecule has 1 amide bonds. The first-order valence-electron chi connectivity index (χ1n) is 7.72. The van der Waals surface area contributed by atoms with Crippen LogP contribution in [0.2, 0.25) is 0 Å². The maximum absolute atomic E-state index is 12.7. The molecule has 0 saturated heterocycles. The van der Waals surface area contributed by atoms with Gasteiger partial charge in [-0.3, -0.25) is 9.69 Å². The van der Waals surface area contributed by atoms with E-state index in [-0.39, 0.29) is 18.3 Å². The fraction of sp³-hybridized carbons (Fsp3) is 0.412. The quantitative estimate of drug-likeness (QED) is 0.801. The van der Waals surface area contributed by atoms with Crippen molar-refractivity contribution in [3.05, 3.63) is 54.1 Å². The summed E-state index contributed by atoms with van der Waals surface area (Å²) in [6.07, 6.45) is -1.70. The maximum atomic E-state index is 12.7. The van der Waals surface area contributed by atoms with Crippen LogP contribution < -0.4 is 0 Å². The highest BCUT2D eigenvalue weighted by Crippen LogP contribution is 2.24. The van der Waals surface area contributed by atoms with Gasteiger partial charge >= 0.3 is 6.18 Å². The van der Waals surface area contributed by atoms with Gasteiger partial charge < -0.3 is 9.47 Å². The molecule has 1 heterocycles. The summed E-state index contributed by atoms with van der Waals surface area (Å²) in [6, 6.07) is 8.53. The summed E-state index contributed by atoms with van der Waals surface area (Å²) >= 11 is 0. The van der Waals surface area contributed by atoms with Crippen molar-refractivity contribution in [2.24, 2.45) is 0 Å². The molecular weight excluding hydrogens is 333 g/mol. The van der Waals surface area contributed by atoms with Crippen LogP contribution in [0.1, 0.15) is 17.4 Å². The number of halogens is 3. The highest BCUT2D eigenvalue weighted by atomic mass is 19.4. The number of amides is 1. The Labute approximate surface area is 144 Å². The third-order valence-electron chi connectivity index (χ3n) is 3.77. The molecule has 136 valence electrons. The van der Waals surface area contributed by atoms with E-state index in [1.807, 2.05) is 30.3 Å². The molecule has 0 aliphatic heterocycles. The largest absolute Gasteiger partial charge is 0.406 e. The van der Waals surface area contributed by atoms with Gasteiger partial charge in [0.15, 0.2) is 0 Å². The minimum atomic E-state index is -4.33. The fourth-order valence-corrected chi connectivity index (χ4v) is 2.61. The van der Waals surface area contributed by atoms with Gasteiger partial charge in [-0.1, -0.05) is 30.3 Å². The van der Waals surface area contributed by atoms with Crippen LogP contribution >= 0.6 is 0 Å². The second-order valence-corrected chi connectivity index (χ2v) is 6.05. The van der Waals surface area contributed by atoms with Gasteiger partial charge in [0, 0.05) is 26.5 Å². The number of carbonyl (C=O) groups is 1. The average molecular weight is 354 g/mol. The van der Waals surface area contributed by atoms with Gasteiger partial charge in [-0.15, -0.1) is 0 Å². The smallest absolute Gasteiger partial charge is 0.347 e. The molecule has 8 heteroatoms. The molecule has 0 bridgehead atoms. The molecule has 0 radical (unpaired) electrons. The molecule has 25 heavy (non-hydrogen) atoms. The lowest BCUT2D eigenvalue weighted by molar-refractivity contribution is -0.141. The Morgan fingerprint density at radius 3 is 2.40 bits per heavy atom. The first kappa shape index (κ1) is 19.0. The number of rotatable bonds is 6. The number of nitrogens with zero attached hydrogens (tertiary/aromatic N) is 4. The van der Waals surface area contributed by atoms with E-state index in [9.17, 15) is 18.0 Å². The molecule has 0 fully saturated rings. The Morgan fingerprint density at radius 1 is 1.20 bits per heavy atom. The lowest BCUT2D eigenvalue weighted by Gasteiger charge is -2.29. The van der Waals surface area contributed by atoms with E-state index in [2.05, 4.69) is 4.98 Å². The van der Waals surface area contributed by atoms with Crippen LogP contribution in [0.4, 0.5) is 13.2 Å². The number of hydrogen-bond acceptors (Lipinski definition) is 3. The SMILES string of the molecule is CN(C)C(=O)[C@H](c1ccccc1)N(C)Cc1nccn1CC(F)(F)F. The van der Waals surface area contributed by atoms with E-state index in [0.717, 1.165) is 10.1 Å². The standard InChI is InChI=1S/C17H21F3N4O/c1-22(2)16(25)15(13-7-5-4-6-8-13)23(3)11-14-21-9-10-24(14)12-17(18,19)20/h4-10,15H,11-12H2,1-3H3/t15-/m0/s1. The summed E-state index contributed by atoms with van der Waals surface area (Å²) < 4.78 is 39.1. The summed E-state index contributed by atoms with van der Waals surface area (Å²) in [5, 5.41) is 0. The molecule has 2 rings (SSSR count). The summed E-state index contributed by atoms with van der Waals surface area (Å²) in [5.41, 5.74) is 0.776. The molecule has 0 aliphatic carbocycles. The second-order valence-electron chi connectivity index (χ2n) is 6.05. The predicted octanol–water partition coefficient (Wildman–Crippen LogP) is 2.71. The number of carbonyl (C=O) groups excluding carboxylic acids is 1. The van der Waals surface area contributed by atoms with E-state index >= 15 is 0 Å². The molecular formula is C17H21F3N4O. The summed E-state index contributed by atoms with van der Waals surface area (Å²) in [6.45, 7) is -0.990. The number of likely N-dealkylation sites (N-methyl/N-ethyl adjacent to an activating group) is 2. The van der Waals surface area contributed by atoms with Crippen LogP contribution in [-0.4, -0.2) is 52.6 Å². The molecule has 1 aromatic carbocycles. The number of hydrogen-bond donors (Lipinski definition) is 0. The van der Waals surface area contributed by atoms with Crippen molar-refractivity contribution in [3.63, 3.8) is 0 Å². The van der Waals surface area contributed by atoms with Gasteiger partial charge in [-0.2, -0.15) is 13.2 Å². The van der Waals surface area contributed by atoms with Crippen molar-refractivity contribution in [1.29, 1.82) is 0 Å². The summed E-state index contributed by atoms with van der Waals surface area (Å²) in [7, 11) is 5.00. The molecule has 1 aromatic heterocycles. The van der Waals surface area contributed by atoms with Crippen LogP contribution in [0.25, 0.3) is 0 Å². The summed E-state index contributed by atoms with van der Waals surface area (Å²) in [4.78, 5) is 19.8. The molecule has 0 saturated carbocycles. The van der Waals surface area contributed by atoms with E-state index in [0.29, 0.717) is 0 Å². The lowest BCUT2D eigenvalue weighted by Crippen LogP contribution is -2.38. The molecule has 0 aliphatic rings. The zero-order valence-corrected chi connectivity index (χ0v) is 14.4. The molecule has 0 N–H and O–H groups in total. The van der Waals surface area contributed by atoms with Gasteiger partial charge in [0.25, 0.3) is 0 Å². The van der Waals surface area contributed by atoms with Crippen LogP contribution in [-0.2, 0) is 17.9 Å². The van der Waals surface area contributed by atoms with Gasteiger partial charge in [0.2, 0.25) is 5.91 Å².